The first kappa shape index (κ1) is 13.2. The quantitative estimate of drug-likeness (QED) is 0.468. The maximum absolute atomic E-state index is 11.1. The molecule has 0 aliphatic heterocycles. The van der Waals surface area contributed by atoms with Crippen LogP contribution in [-0.4, -0.2) is 42.6 Å². The standard InChI is InChI=1S/C8H15N3O4/c1-3-5(7(13)14)11-8(15)10-4-6(12)9-2/h5H,3-4H2,1-2H3,(H,9,12)(H,13,14)(H2,10,11,15). The summed E-state index contributed by atoms with van der Waals surface area (Å²) in [5.41, 5.74) is 0. The van der Waals surface area contributed by atoms with Crippen molar-refractivity contribution in [3.8, 4) is 0 Å². The molecule has 1 unspecified atom stereocenters. The lowest BCUT2D eigenvalue weighted by molar-refractivity contribution is -0.139. The molecule has 0 fully saturated rings. The molecule has 0 bridgehead atoms. The van der Waals surface area contributed by atoms with E-state index in [0.717, 1.165) is 0 Å². The van der Waals surface area contributed by atoms with Crippen molar-refractivity contribution in [1.29, 1.82) is 0 Å². The molecule has 0 aromatic carbocycles. The summed E-state index contributed by atoms with van der Waals surface area (Å²) in [6.45, 7) is 1.45. The Morgan fingerprint density at radius 2 is 1.93 bits per heavy atom. The van der Waals surface area contributed by atoms with Crippen LogP contribution in [0.4, 0.5) is 4.79 Å². The zero-order valence-corrected chi connectivity index (χ0v) is 8.66. The Hall–Kier alpha value is -1.79. The molecular formula is C8H15N3O4. The van der Waals surface area contributed by atoms with Gasteiger partial charge < -0.3 is 21.1 Å². The van der Waals surface area contributed by atoms with Crippen LogP contribution in [0.15, 0.2) is 0 Å². The molecule has 7 heteroatoms. The third-order valence-corrected chi connectivity index (χ3v) is 1.70. The summed E-state index contributed by atoms with van der Waals surface area (Å²) in [6, 6.07) is -1.61. The first-order chi connectivity index (χ1) is 7.01. The van der Waals surface area contributed by atoms with Gasteiger partial charge in [0, 0.05) is 7.05 Å². The second kappa shape index (κ2) is 6.63. The van der Waals surface area contributed by atoms with E-state index in [-0.39, 0.29) is 18.9 Å². The van der Waals surface area contributed by atoms with E-state index in [1.165, 1.54) is 7.05 Å². The topological polar surface area (TPSA) is 108 Å². The lowest BCUT2D eigenvalue weighted by Gasteiger charge is -2.12. The van der Waals surface area contributed by atoms with E-state index < -0.39 is 18.0 Å². The lowest BCUT2D eigenvalue weighted by Crippen LogP contribution is -2.47. The summed E-state index contributed by atoms with van der Waals surface area (Å²) in [5.74, 6) is -1.46. The first-order valence-electron chi connectivity index (χ1n) is 4.49. The Kier molecular flexibility index (Phi) is 5.84. The summed E-state index contributed by atoms with van der Waals surface area (Å²) in [6.07, 6.45) is 0.280. The maximum Gasteiger partial charge on any atom is 0.326 e. The summed E-state index contributed by atoms with van der Waals surface area (Å²) >= 11 is 0. The van der Waals surface area contributed by atoms with Gasteiger partial charge in [-0.05, 0) is 6.42 Å². The van der Waals surface area contributed by atoms with Crippen LogP contribution in [-0.2, 0) is 9.59 Å². The van der Waals surface area contributed by atoms with Gasteiger partial charge in [-0.3, -0.25) is 4.79 Å². The molecule has 0 saturated heterocycles. The Labute approximate surface area is 87.2 Å². The van der Waals surface area contributed by atoms with E-state index in [2.05, 4.69) is 16.0 Å². The fraction of sp³-hybridized carbons (Fsp3) is 0.625. The molecule has 0 aromatic heterocycles. The van der Waals surface area contributed by atoms with Gasteiger partial charge in [0.05, 0.1) is 6.54 Å². The van der Waals surface area contributed by atoms with Gasteiger partial charge in [-0.25, -0.2) is 9.59 Å². The highest BCUT2D eigenvalue weighted by Crippen LogP contribution is 1.89. The maximum atomic E-state index is 11.1. The van der Waals surface area contributed by atoms with Crippen LogP contribution in [0.25, 0.3) is 0 Å². The van der Waals surface area contributed by atoms with Crippen LogP contribution in [0.5, 0.6) is 0 Å². The van der Waals surface area contributed by atoms with Crippen molar-refractivity contribution in [2.24, 2.45) is 0 Å². The van der Waals surface area contributed by atoms with Crippen LogP contribution in [0.3, 0.4) is 0 Å². The van der Waals surface area contributed by atoms with Crippen LogP contribution < -0.4 is 16.0 Å². The van der Waals surface area contributed by atoms with E-state index >= 15 is 0 Å². The number of hydrogen-bond acceptors (Lipinski definition) is 3. The number of nitrogens with one attached hydrogen (secondary N) is 3. The van der Waals surface area contributed by atoms with Crippen molar-refractivity contribution < 1.29 is 19.5 Å². The molecule has 3 amide bonds. The van der Waals surface area contributed by atoms with Crippen molar-refractivity contribution in [1.82, 2.24) is 16.0 Å². The number of carbonyl (C=O) groups excluding carboxylic acids is 2. The number of rotatable bonds is 5. The van der Waals surface area contributed by atoms with E-state index in [1.54, 1.807) is 6.92 Å². The zero-order chi connectivity index (χ0) is 11.8. The second-order valence-corrected chi connectivity index (χ2v) is 2.80. The first-order valence-corrected chi connectivity index (χ1v) is 4.49. The number of carbonyl (C=O) groups is 3. The van der Waals surface area contributed by atoms with Gasteiger partial charge in [-0.1, -0.05) is 6.92 Å². The summed E-state index contributed by atoms with van der Waals surface area (Å²) in [5, 5.41) is 15.4. The Morgan fingerprint density at radius 1 is 1.33 bits per heavy atom. The van der Waals surface area contributed by atoms with Crippen LogP contribution >= 0.6 is 0 Å². The SMILES string of the molecule is CCC(NC(=O)NCC(=O)NC)C(=O)O. The number of likely N-dealkylation sites (N-methyl/N-ethyl adjacent to an activating group) is 1. The normalized spacial score (nSPS) is 11.3. The number of amides is 3. The Morgan fingerprint density at radius 3 is 2.33 bits per heavy atom. The Balaban J connectivity index is 3.91. The summed E-state index contributed by atoms with van der Waals surface area (Å²) in [4.78, 5) is 32.3. The average molecular weight is 217 g/mol. The fourth-order valence-corrected chi connectivity index (χ4v) is 0.797. The molecular weight excluding hydrogens is 202 g/mol. The molecule has 4 N–H and O–H groups in total. The third-order valence-electron chi connectivity index (χ3n) is 1.70. The van der Waals surface area contributed by atoms with Crippen LogP contribution in [0.2, 0.25) is 0 Å². The predicted octanol–water partition coefficient (Wildman–Crippen LogP) is -1.11. The fourth-order valence-electron chi connectivity index (χ4n) is 0.797. The predicted molar refractivity (Wildman–Crippen MR) is 52.3 cm³/mol. The number of carboxylic acids is 1. The number of aliphatic carboxylic acids is 1. The molecule has 1 atom stereocenters. The van der Waals surface area contributed by atoms with Crippen molar-refractivity contribution in [2.45, 2.75) is 19.4 Å². The molecule has 15 heavy (non-hydrogen) atoms. The molecule has 0 aromatic rings. The number of hydrogen-bond donors (Lipinski definition) is 4. The van der Waals surface area contributed by atoms with Gasteiger partial charge in [-0.2, -0.15) is 0 Å². The van der Waals surface area contributed by atoms with Crippen LogP contribution in [0.1, 0.15) is 13.3 Å². The highest BCUT2D eigenvalue weighted by atomic mass is 16.4. The minimum Gasteiger partial charge on any atom is -0.480 e. The minimum absolute atomic E-state index is 0.182. The second-order valence-electron chi connectivity index (χ2n) is 2.80. The van der Waals surface area contributed by atoms with E-state index in [4.69, 9.17) is 5.11 Å². The smallest absolute Gasteiger partial charge is 0.326 e. The van der Waals surface area contributed by atoms with Gasteiger partial charge >= 0.3 is 12.0 Å². The van der Waals surface area contributed by atoms with Gasteiger partial charge in [0.15, 0.2) is 0 Å². The third kappa shape index (κ3) is 5.50. The Bertz CT molecular complexity index is 254. The van der Waals surface area contributed by atoms with Crippen molar-refractivity contribution in [2.75, 3.05) is 13.6 Å². The average Bonchev–Trinajstić information content (AvgIpc) is 2.21. The molecule has 0 heterocycles. The van der Waals surface area contributed by atoms with Gasteiger partial charge in [0.25, 0.3) is 0 Å². The highest BCUT2D eigenvalue weighted by molar-refractivity contribution is 5.86. The van der Waals surface area contributed by atoms with Crippen molar-refractivity contribution in [3.05, 3.63) is 0 Å². The van der Waals surface area contributed by atoms with E-state index in [9.17, 15) is 14.4 Å². The van der Waals surface area contributed by atoms with Crippen molar-refractivity contribution in [3.63, 3.8) is 0 Å². The van der Waals surface area contributed by atoms with E-state index in [0.29, 0.717) is 0 Å². The largest absolute Gasteiger partial charge is 0.480 e. The van der Waals surface area contributed by atoms with Gasteiger partial charge in [0.1, 0.15) is 6.04 Å². The number of urea groups is 1. The minimum atomic E-state index is -1.10. The lowest BCUT2D eigenvalue weighted by atomic mass is 10.2. The molecule has 7 nitrogen and oxygen atoms in total. The molecule has 0 rings (SSSR count). The summed E-state index contributed by atoms with van der Waals surface area (Å²) < 4.78 is 0. The monoisotopic (exact) mass is 217 g/mol. The summed E-state index contributed by atoms with van der Waals surface area (Å²) in [7, 11) is 1.44. The van der Waals surface area contributed by atoms with E-state index in [1.807, 2.05) is 0 Å². The zero-order valence-electron chi connectivity index (χ0n) is 8.66. The molecule has 0 aliphatic carbocycles. The highest BCUT2D eigenvalue weighted by Gasteiger charge is 2.17. The molecule has 0 saturated carbocycles. The van der Waals surface area contributed by atoms with Gasteiger partial charge in [0.2, 0.25) is 5.91 Å². The van der Waals surface area contributed by atoms with Gasteiger partial charge in [-0.15, -0.1) is 0 Å². The molecule has 0 spiro atoms. The van der Waals surface area contributed by atoms with Crippen LogP contribution in [0, 0.1) is 0 Å². The molecule has 86 valence electrons. The molecule has 0 aliphatic rings. The molecule has 0 radical (unpaired) electrons. The number of carboxylic acid groups (broad SMARTS) is 1. The van der Waals surface area contributed by atoms with Crippen molar-refractivity contribution >= 4 is 17.9 Å².